The number of nitrogens with one attached hydrogen (secondary N) is 1. The summed E-state index contributed by atoms with van der Waals surface area (Å²) in [6, 6.07) is 11.7. The van der Waals surface area contributed by atoms with E-state index in [2.05, 4.69) is 5.32 Å². The molecule has 1 aliphatic rings. The zero-order chi connectivity index (χ0) is 19.4. The van der Waals surface area contributed by atoms with Crippen molar-refractivity contribution in [2.75, 3.05) is 25.5 Å². The highest BCUT2D eigenvalue weighted by atomic mass is 35.5. The Morgan fingerprint density at radius 2 is 1.93 bits per heavy atom. The standard InChI is InChI=1S/C20H20Cl2N2O3/c1-27-18-8-7-16(22)11-17(18)23-20(26)24-9-3-5-14(12-24)19(25)13-4-2-6-15(21)10-13/h2,4,6-8,10-11,14H,3,5,9,12H2,1H3,(H,23,26). The molecule has 2 amide bonds. The SMILES string of the molecule is COc1ccc(Cl)cc1NC(=O)N1CCCC(C(=O)c2cccc(Cl)c2)C1. The maximum Gasteiger partial charge on any atom is 0.321 e. The molecule has 0 spiro atoms. The van der Waals surface area contributed by atoms with E-state index in [1.165, 1.54) is 7.11 Å². The molecular formula is C20H20Cl2N2O3. The van der Waals surface area contributed by atoms with Gasteiger partial charge in [0.25, 0.3) is 0 Å². The fraction of sp³-hybridized carbons (Fsp3) is 0.300. The van der Waals surface area contributed by atoms with Crippen molar-refractivity contribution in [1.82, 2.24) is 4.90 Å². The Bertz CT molecular complexity index is 857. The number of carbonyl (C=O) groups excluding carboxylic acids is 2. The molecule has 1 aliphatic heterocycles. The molecule has 1 unspecified atom stereocenters. The Morgan fingerprint density at radius 1 is 1.15 bits per heavy atom. The van der Waals surface area contributed by atoms with E-state index < -0.39 is 0 Å². The molecule has 2 aromatic carbocycles. The maximum atomic E-state index is 12.8. The van der Waals surface area contributed by atoms with E-state index >= 15 is 0 Å². The van der Waals surface area contributed by atoms with Crippen molar-refractivity contribution in [2.45, 2.75) is 12.8 Å². The van der Waals surface area contributed by atoms with Crippen LogP contribution in [0.25, 0.3) is 0 Å². The second-order valence-electron chi connectivity index (χ2n) is 6.43. The summed E-state index contributed by atoms with van der Waals surface area (Å²) in [6.07, 6.45) is 1.51. The summed E-state index contributed by atoms with van der Waals surface area (Å²) in [5.41, 5.74) is 1.07. The third-order valence-corrected chi connectivity index (χ3v) is 5.06. The first-order valence-corrected chi connectivity index (χ1v) is 9.43. The quantitative estimate of drug-likeness (QED) is 0.715. The second-order valence-corrected chi connectivity index (χ2v) is 7.31. The number of halogens is 2. The number of hydrogen-bond donors (Lipinski definition) is 1. The number of nitrogens with zero attached hydrogens (tertiary/aromatic N) is 1. The predicted molar refractivity (Wildman–Crippen MR) is 107 cm³/mol. The van der Waals surface area contributed by atoms with Gasteiger partial charge in [-0.05, 0) is 43.2 Å². The van der Waals surface area contributed by atoms with Crippen LogP contribution in [0.1, 0.15) is 23.2 Å². The van der Waals surface area contributed by atoms with Crippen molar-refractivity contribution in [2.24, 2.45) is 5.92 Å². The van der Waals surface area contributed by atoms with Gasteiger partial charge in [-0.2, -0.15) is 0 Å². The van der Waals surface area contributed by atoms with Crippen LogP contribution < -0.4 is 10.1 Å². The van der Waals surface area contributed by atoms with Gasteiger partial charge in [0, 0.05) is 34.6 Å². The molecule has 1 heterocycles. The number of rotatable bonds is 4. The van der Waals surface area contributed by atoms with Crippen molar-refractivity contribution in [1.29, 1.82) is 0 Å². The number of likely N-dealkylation sites (tertiary alicyclic amines) is 1. The van der Waals surface area contributed by atoms with Gasteiger partial charge in [0.15, 0.2) is 5.78 Å². The van der Waals surface area contributed by atoms with Crippen LogP contribution in [0.2, 0.25) is 10.0 Å². The molecule has 27 heavy (non-hydrogen) atoms. The molecule has 142 valence electrons. The van der Waals surface area contributed by atoms with E-state index in [1.54, 1.807) is 47.4 Å². The molecule has 5 nitrogen and oxygen atoms in total. The number of ketones is 1. The van der Waals surface area contributed by atoms with Crippen LogP contribution in [0.3, 0.4) is 0 Å². The Morgan fingerprint density at radius 3 is 2.67 bits per heavy atom. The highest BCUT2D eigenvalue weighted by Crippen LogP contribution is 2.29. The number of methoxy groups -OCH3 is 1. The van der Waals surface area contributed by atoms with Crippen LogP contribution in [-0.4, -0.2) is 36.9 Å². The van der Waals surface area contributed by atoms with E-state index in [0.29, 0.717) is 40.1 Å². The van der Waals surface area contributed by atoms with Gasteiger partial charge in [-0.1, -0.05) is 35.3 Å². The monoisotopic (exact) mass is 406 g/mol. The summed E-state index contributed by atoms with van der Waals surface area (Å²) < 4.78 is 5.26. The van der Waals surface area contributed by atoms with E-state index in [1.807, 2.05) is 0 Å². The first-order chi connectivity index (χ1) is 13.0. The average Bonchev–Trinajstić information content (AvgIpc) is 2.67. The van der Waals surface area contributed by atoms with E-state index in [9.17, 15) is 9.59 Å². The highest BCUT2D eigenvalue weighted by Gasteiger charge is 2.29. The first kappa shape index (κ1) is 19.5. The van der Waals surface area contributed by atoms with Gasteiger partial charge in [-0.3, -0.25) is 4.79 Å². The molecule has 0 radical (unpaired) electrons. The lowest BCUT2D eigenvalue weighted by Crippen LogP contribution is -2.44. The summed E-state index contributed by atoms with van der Waals surface area (Å²) in [5.74, 6) is 0.288. The number of amides is 2. The molecule has 7 heteroatoms. The largest absolute Gasteiger partial charge is 0.495 e. The number of urea groups is 1. The Balaban J connectivity index is 1.70. The van der Waals surface area contributed by atoms with Crippen LogP contribution in [0, 0.1) is 5.92 Å². The summed E-state index contributed by atoms with van der Waals surface area (Å²) in [6.45, 7) is 0.952. The number of Topliss-reactive ketones (excluding diaryl/α,β-unsaturated/α-hetero) is 1. The highest BCUT2D eigenvalue weighted by molar-refractivity contribution is 6.31. The topological polar surface area (TPSA) is 58.6 Å². The lowest BCUT2D eigenvalue weighted by molar-refractivity contribution is 0.0851. The number of piperidine rings is 1. The molecule has 3 rings (SSSR count). The maximum absolute atomic E-state index is 12.8. The van der Waals surface area contributed by atoms with Gasteiger partial charge in [0.1, 0.15) is 5.75 Å². The van der Waals surface area contributed by atoms with Crippen molar-refractivity contribution in [3.05, 3.63) is 58.1 Å². The lowest BCUT2D eigenvalue weighted by atomic mass is 9.90. The molecule has 0 aliphatic carbocycles. The van der Waals surface area contributed by atoms with Crippen molar-refractivity contribution in [3.63, 3.8) is 0 Å². The predicted octanol–water partition coefficient (Wildman–Crippen LogP) is 5.13. The van der Waals surface area contributed by atoms with E-state index in [4.69, 9.17) is 27.9 Å². The van der Waals surface area contributed by atoms with Crippen LogP contribution in [-0.2, 0) is 0 Å². The zero-order valence-electron chi connectivity index (χ0n) is 14.9. The number of ether oxygens (including phenoxy) is 1. The van der Waals surface area contributed by atoms with Gasteiger partial charge in [-0.25, -0.2) is 4.79 Å². The second kappa shape index (κ2) is 8.63. The fourth-order valence-corrected chi connectivity index (χ4v) is 3.59. The first-order valence-electron chi connectivity index (χ1n) is 8.67. The van der Waals surface area contributed by atoms with Crippen LogP contribution in [0.4, 0.5) is 10.5 Å². The minimum atomic E-state index is -0.279. The summed E-state index contributed by atoms with van der Waals surface area (Å²) in [7, 11) is 1.53. The van der Waals surface area contributed by atoms with Crippen molar-refractivity contribution in [3.8, 4) is 5.75 Å². The summed E-state index contributed by atoms with van der Waals surface area (Å²) >= 11 is 12.0. The van der Waals surface area contributed by atoms with Gasteiger partial charge >= 0.3 is 6.03 Å². The normalized spacial score (nSPS) is 16.7. The number of carbonyl (C=O) groups is 2. The average molecular weight is 407 g/mol. The Kier molecular flexibility index (Phi) is 6.24. The Labute approximate surface area is 168 Å². The van der Waals surface area contributed by atoms with Gasteiger partial charge in [-0.15, -0.1) is 0 Å². The smallest absolute Gasteiger partial charge is 0.321 e. The number of hydrogen-bond acceptors (Lipinski definition) is 3. The van der Waals surface area contributed by atoms with Gasteiger partial charge in [0.2, 0.25) is 0 Å². The number of anilines is 1. The zero-order valence-corrected chi connectivity index (χ0v) is 16.4. The molecular weight excluding hydrogens is 387 g/mol. The van der Waals surface area contributed by atoms with Crippen LogP contribution in [0.15, 0.2) is 42.5 Å². The van der Waals surface area contributed by atoms with E-state index in [-0.39, 0.29) is 17.7 Å². The molecule has 2 aromatic rings. The lowest BCUT2D eigenvalue weighted by Gasteiger charge is -2.32. The molecule has 0 bridgehead atoms. The van der Waals surface area contributed by atoms with Gasteiger partial charge in [0.05, 0.1) is 12.8 Å². The van der Waals surface area contributed by atoms with Crippen LogP contribution in [0.5, 0.6) is 5.75 Å². The molecule has 1 N–H and O–H groups in total. The molecule has 0 saturated carbocycles. The Hall–Kier alpha value is -2.24. The fourth-order valence-electron chi connectivity index (χ4n) is 3.23. The minimum absolute atomic E-state index is 0.00957. The van der Waals surface area contributed by atoms with Gasteiger partial charge < -0.3 is 15.0 Å². The van der Waals surface area contributed by atoms with E-state index in [0.717, 1.165) is 12.8 Å². The molecule has 0 aromatic heterocycles. The molecule has 1 saturated heterocycles. The minimum Gasteiger partial charge on any atom is -0.495 e. The number of benzene rings is 2. The summed E-state index contributed by atoms with van der Waals surface area (Å²) in [4.78, 5) is 27.1. The third-order valence-electron chi connectivity index (χ3n) is 4.59. The van der Waals surface area contributed by atoms with Crippen LogP contribution >= 0.6 is 23.2 Å². The third kappa shape index (κ3) is 4.73. The molecule has 1 fully saturated rings. The van der Waals surface area contributed by atoms with Crippen molar-refractivity contribution < 1.29 is 14.3 Å². The molecule has 1 atom stereocenters. The van der Waals surface area contributed by atoms with Crippen molar-refractivity contribution >= 4 is 40.7 Å². The summed E-state index contributed by atoms with van der Waals surface area (Å²) in [5, 5.41) is 3.85.